The van der Waals surface area contributed by atoms with Crippen molar-refractivity contribution in [2.24, 2.45) is 0 Å². The minimum absolute atomic E-state index is 0.132. The molecular formula is C17H16N2O2. The Bertz CT molecular complexity index is 820. The average Bonchev–Trinajstić information content (AvgIpc) is 2.78. The maximum absolute atomic E-state index is 11.1. The second kappa shape index (κ2) is 5.05. The molecule has 0 N–H and O–H groups in total. The molecule has 0 atom stereocenters. The highest BCUT2D eigenvalue weighted by molar-refractivity contribution is 5.99. The summed E-state index contributed by atoms with van der Waals surface area (Å²) in [7, 11) is 0. The van der Waals surface area contributed by atoms with E-state index in [1.165, 1.54) is 0 Å². The fourth-order valence-corrected chi connectivity index (χ4v) is 2.96. The van der Waals surface area contributed by atoms with Gasteiger partial charge in [0.1, 0.15) is 0 Å². The molecule has 3 aromatic rings. The minimum Gasteiger partial charge on any atom is -0.345 e. The Morgan fingerprint density at radius 2 is 1.86 bits per heavy atom. The molecule has 0 bridgehead atoms. The zero-order valence-corrected chi connectivity index (χ0v) is 12.0. The second-order valence-electron chi connectivity index (χ2n) is 5.03. The van der Waals surface area contributed by atoms with Gasteiger partial charge < -0.3 is 4.57 Å². The molecule has 0 spiro atoms. The predicted octanol–water partition coefficient (Wildman–Crippen LogP) is 4.54. The zero-order valence-electron chi connectivity index (χ0n) is 12.0. The van der Waals surface area contributed by atoms with Crippen LogP contribution in [0.4, 0.5) is 5.69 Å². The summed E-state index contributed by atoms with van der Waals surface area (Å²) in [5.74, 6) is 0. The molecule has 0 radical (unpaired) electrons. The standard InChI is InChI=1S/C17H16N2O2/c1-3-18-12(2)17(13-7-5-4-6-8-13)15-11-14(19(20)21)9-10-16(15)18/h4-11H,3H2,1-2H3. The Kier molecular flexibility index (Phi) is 3.22. The lowest BCUT2D eigenvalue weighted by atomic mass is 10.0. The molecule has 3 rings (SSSR count). The van der Waals surface area contributed by atoms with E-state index >= 15 is 0 Å². The van der Waals surface area contributed by atoms with Gasteiger partial charge in [0.25, 0.3) is 5.69 Å². The fourth-order valence-electron chi connectivity index (χ4n) is 2.96. The molecule has 1 heterocycles. The summed E-state index contributed by atoms with van der Waals surface area (Å²) in [6.45, 7) is 4.99. The molecule has 106 valence electrons. The van der Waals surface area contributed by atoms with Crippen LogP contribution in [0.1, 0.15) is 12.6 Å². The van der Waals surface area contributed by atoms with Gasteiger partial charge in [-0.2, -0.15) is 0 Å². The first-order valence-electron chi connectivity index (χ1n) is 6.96. The summed E-state index contributed by atoms with van der Waals surface area (Å²) in [5, 5.41) is 12.0. The monoisotopic (exact) mass is 280 g/mol. The van der Waals surface area contributed by atoms with Crippen LogP contribution in [0.2, 0.25) is 0 Å². The number of fused-ring (bicyclic) bond motifs is 1. The van der Waals surface area contributed by atoms with Gasteiger partial charge >= 0.3 is 0 Å². The van der Waals surface area contributed by atoms with E-state index in [9.17, 15) is 10.1 Å². The Balaban J connectivity index is 2.39. The van der Waals surface area contributed by atoms with E-state index in [2.05, 4.69) is 18.4 Å². The molecule has 0 saturated carbocycles. The van der Waals surface area contributed by atoms with Crippen LogP contribution in [0, 0.1) is 17.0 Å². The highest BCUT2D eigenvalue weighted by atomic mass is 16.6. The van der Waals surface area contributed by atoms with Crippen molar-refractivity contribution in [3.63, 3.8) is 0 Å². The summed E-state index contributed by atoms with van der Waals surface area (Å²) in [4.78, 5) is 10.7. The Labute approximate surface area is 122 Å². The smallest absolute Gasteiger partial charge is 0.270 e. The molecular weight excluding hydrogens is 264 g/mol. The number of hydrogen-bond acceptors (Lipinski definition) is 2. The number of nitro groups is 1. The molecule has 0 aliphatic carbocycles. The van der Waals surface area contributed by atoms with Crippen molar-refractivity contribution in [1.29, 1.82) is 0 Å². The Morgan fingerprint density at radius 3 is 2.48 bits per heavy atom. The topological polar surface area (TPSA) is 48.1 Å². The molecule has 0 aliphatic heterocycles. The van der Waals surface area contributed by atoms with Crippen LogP contribution in [0.5, 0.6) is 0 Å². The van der Waals surface area contributed by atoms with Gasteiger partial charge in [0.2, 0.25) is 0 Å². The van der Waals surface area contributed by atoms with Crippen LogP contribution in [-0.2, 0) is 6.54 Å². The number of aromatic nitrogens is 1. The van der Waals surface area contributed by atoms with Crippen LogP contribution in [-0.4, -0.2) is 9.49 Å². The third-order valence-corrected chi connectivity index (χ3v) is 3.90. The predicted molar refractivity (Wildman–Crippen MR) is 84.4 cm³/mol. The normalized spacial score (nSPS) is 11.0. The van der Waals surface area contributed by atoms with Gasteiger partial charge in [0, 0.05) is 40.8 Å². The van der Waals surface area contributed by atoms with Gasteiger partial charge in [0.05, 0.1) is 4.92 Å². The first-order chi connectivity index (χ1) is 10.1. The number of nitro benzene ring substituents is 1. The van der Waals surface area contributed by atoms with E-state index < -0.39 is 0 Å². The lowest BCUT2D eigenvalue weighted by molar-refractivity contribution is -0.384. The van der Waals surface area contributed by atoms with Crippen molar-refractivity contribution in [3.8, 4) is 11.1 Å². The van der Waals surface area contributed by atoms with E-state index in [0.29, 0.717) is 0 Å². The molecule has 0 saturated heterocycles. The summed E-state index contributed by atoms with van der Waals surface area (Å²) in [6.07, 6.45) is 0. The number of rotatable bonds is 3. The van der Waals surface area contributed by atoms with Gasteiger partial charge in [-0.05, 0) is 25.5 Å². The van der Waals surface area contributed by atoms with Crippen molar-refractivity contribution >= 4 is 16.6 Å². The van der Waals surface area contributed by atoms with E-state index in [1.807, 2.05) is 36.4 Å². The first-order valence-corrected chi connectivity index (χ1v) is 6.96. The minimum atomic E-state index is -0.340. The SMILES string of the molecule is CCn1c(C)c(-c2ccccc2)c2cc([N+](=O)[O-])ccc21. The fraction of sp³-hybridized carbons (Fsp3) is 0.176. The van der Waals surface area contributed by atoms with E-state index in [0.717, 1.165) is 34.3 Å². The van der Waals surface area contributed by atoms with Gasteiger partial charge in [-0.1, -0.05) is 30.3 Å². The molecule has 21 heavy (non-hydrogen) atoms. The van der Waals surface area contributed by atoms with Gasteiger partial charge in [-0.15, -0.1) is 0 Å². The molecule has 4 nitrogen and oxygen atoms in total. The van der Waals surface area contributed by atoms with Crippen molar-refractivity contribution in [1.82, 2.24) is 4.57 Å². The molecule has 4 heteroatoms. The third kappa shape index (κ3) is 2.09. The quantitative estimate of drug-likeness (QED) is 0.522. The zero-order chi connectivity index (χ0) is 15.0. The summed E-state index contributed by atoms with van der Waals surface area (Å²) >= 11 is 0. The van der Waals surface area contributed by atoms with Gasteiger partial charge in [0.15, 0.2) is 0 Å². The summed E-state index contributed by atoms with van der Waals surface area (Å²) < 4.78 is 2.20. The Morgan fingerprint density at radius 1 is 1.14 bits per heavy atom. The third-order valence-electron chi connectivity index (χ3n) is 3.90. The molecule has 2 aromatic carbocycles. The average molecular weight is 280 g/mol. The number of aryl methyl sites for hydroxylation is 1. The van der Waals surface area contributed by atoms with Crippen molar-refractivity contribution in [2.45, 2.75) is 20.4 Å². The van der Waals surface area contributed by atoms with Crippen LogP contribution in [0.15, 0.2) is 48.5 Å². The van der Waals surface area contributed by atoms with Crippen LogP contribution >= 0.6 is 0 Å². The van der Waals surface area contributed by atoms with Crippen molar-refractivity contribution in [3.05, 3.63) is 64.3 Å². The number of non-ortho nitro benzene ring substituents is 1. The lowest BCUT2D eigenvalue weighted by Gasteiger charge is -2.05. The lowest BCUT2D eigenvalue weighted by Crippen LogP contribution is -1.96. The van der Waals surface area contributed by atoms with Crippen molar-refractivity contribution in [2.75, 3.05) is 0 Å². The second-order valence-corrected chi connectivity index (χ2v) is 5.03. The summed E-state index contributed by atoms with van der Waals surface area (Å²) in [6, 6.07) is 15.1. The van der Waals surface area contributed by atoms with Crippen LogP contribution in [0.25, 0.3) is 22.0 Å². The van der Waals surface area contributed by atoms with Gasteiger partial charge in [-0.25, -0.2) is 0 Å². The Hall–Kier alpha value is -2.62. The largest absolute Gasteiger partial charge is 0.345 e. The number of nitrogens with zero attached hydrogens (tertiary/aromatic N) is 2. The molecule has 1 aromatic heterocycles. The number of hydrogen-bond donors (Lipinski definition) is 0. The number of benzene rings is 2. The van der Waals surface area contributed by atoms with E-state index in [1.54, 1.807) is 12.1 Å². The van der Waals surface area contributed by atoms with E-state index in [-0.39, 0.29) is 10.6 Å². The summed E-state index contributed by atoms with van der Waals surface area (Å²) in [5.41, 5.74) is 4.48. The van der Waals surface area contributed by atoms with E-state index in [4.69, 9.17) is 0 Å². The van der Waals surface area contributed by atoms with Crippen molar-refractivity contribution < 1.29 is 4.92 Å². The van der Waals surface area contributed by atoms with Gasteiger partial charge in [-0.3, -0.25) is 10.1 Å². The molecule has 0 aliphatic rings. The molecule has 0 unspecified atom stereocenters. The first kappa shape index (κ1) is 13.4. The highest BCUT2D eigenvalue weighted by Gasteiger charge is 2.17. The molecule has 0 amide bonds. The maximum atomic E-state index is 11.1. The highest BCUT2D eigenvalue weighted by Crippen LogP contribution is 2.36. The molecule has 0 fully saturated rings. The maximum Gasteiger partial charge on any atom is 0.270 e. The van der Waals surface area contributed by atoms with Crippen LogP contribution < -0.4 is 0 Å². The van der Waals surface area contributed by atoms with Crippen LogP contribution in [0.3, 0.4) is 0 Å².